The van der Waals surface area contributed by atoms with Crippen LogP contribution in [0, 0.1) is 20.8 Å². The highest BCUT2D eigenvalue weighted by molar-refractivity contribution is 5.82. The van der Waals surface area contributed by atoms with Crippen LogP contribution in [-0.4, -0.2) is 0 Å². The number of rotatable bonds is 1. The third-order valence-corrected chi connectivity index (χ3v) is 4.33. The van der Waals surface area contributed by atoms with Crippen LogP contribution < -0.4 is 4.90 Å². The molecule has 0 unspecified atom stereocenters. The second kappa shape index (κ2) is 4.77. The molecule has 0 amide bonds. The molecule has 0 fully saturated rings. The van der Waals surface area contributed by atoms with Gasteiger partial charge < -0.3 is 4.42 Å². The van der Waals surface area contributed by atoms with E-state index in [0.717, 1.165) is 18.1 Å². The summed E-state index contributed by atoms with van der Waals surface area (Å²) in [4.78, 5) is 2.26. The first-order valence-electron chi connectivity index (χ1n) is 7.68. The van der Waals surface area contributed by atoms with Crippen LogP contribution in [0.25, 0.3) is 0 Å². The van der Waals surface area contributed by atoms with Crippen molar-refractivity contribution in [1.29, 1.82) is 0 Å². The molecular weight excluding hydrogens is 270 g/mol. The zero-order chi connectivity index (χ0) is 15.3. The van der Waals surface area contributed by atoms with Crippen molar-refractivity contribution in [2.24, 2.45) is 0 Å². The number of para-hydroxylation sites is 1. The van der Waals surface area contributed by atoms with Gasteiger partial charge in [-0.3, -0.25) is 4.90 Å². The highest BCUT2D eigenvalue weighted by Crippen LogP contribution is 2.46. The fourth-order valence-corrected chi connectivity index (χ4v) is 3.31. The molecule has 0 saturated carbocycles. The quantitative estimate of drug-likeness (QED) is 0.455. The first-order chi connectivity index (χ1) is 10.6. The number of hydrogen-bond donors (Lipinski definition) is 0. The standard InChI is InChI=1S/C20H19NO/c1-13-8-9-19-16(10-13)12-17-11-15(3)22-20(17)21(19)18-7-5-4-6-14(18)2/h4-11H,12H2,1-3H3. The molecule has 0 bridgehead atoms. The molecule has 0 N–H and O–H groups in total. The lowest BCUT2D eigenvalue weighted by atomic mass is 9.96. The minimum atomic E-state index is 0.937. The van der Waals surface area contributed by atoms with E-state index >= 15 is 0 Å². The number of aryl methyl sites for hydroxylation is 3. The van der Waals surface area contributed by atoms with E-state index in [1.165, 1.54) is 33.6 Å². The van der Waals surface area contributed by atoms with Crippen LogP contribution in [0.1, 0.15) is 28.0 Å². The van der Waals surface area contributed by atoms with E-state index in [4.69, 9.17) is 4.42 Å². The minimum Gasteiger partial charge on any atom is -0.445 e. The summed E-state index contributed by atoms with van der Waals surface area (Å²) in [5.74, 6) is 1.93. The van der Waals surface area contributed by atoms with E-state index < -0.39 is 0 Å². The van der Waals surface area contributed by atoms with Crippen molar-refractivity contribution in [3.05, 3.63) is 76.5 Å². The number of benzene rings is 2. The molecule has 22 heavy (non-hydrogen) atoms. The van der Waals surface area contributed by atoms with Crippen LogP contribution in [0.3, 0.4) is 0 Å². The Hall–Kier alpha value is -2.48. The second-order valence-corrected chi connectivity index (χ2v) is 6.12. The van der Waals surface area contributed by atoms with Crippen molar-refractivity contribution in [2.45, 2.75) is 27.2 Å². The Morgan fingerprint density at radius 2 is 1.68 bits per heavy atom. The number of hydrogen-bond acceptors (Lipinski definition) is 2. The fourth-order valence-electron chi connectivity index (χ4n) is 3.31. The average Bonchev–Trinajstić information content (AvgIpc) is 2.85. The highest BCUT2D eigenvalue weighted by atomic mass is 16.4. The molecule has 110 valence electrons. The molecule has 2 nitrogen and oxygen atoms in total. The van der Waals surface area contributed by atoms with Crippen molar-refractivity contribution in [2.75, 3.05) is 4.90 Å². The third kappa shape index (κ3) is 1.95. The maximum absolute atomic E-state index is 6.04. The molecule has 2 aromatic carbocycles. The Kier molecular flexibility index (Phi) is 2.86. The van der Waals surface area contributed by atoms with Crippen LogP contribution in [0.2, 0.25) is 0 Å². The summed E-state index contributed by atoms with van der Waals surface area (Å²) in [7, 11) is 0. The number of furan rings is 1. The first kappa shape index (κ1) is 13.2. The lowest BCUT2D eigenvalue weighted by Crippen LogP contribution is -2.18. The van der Waals surface area contributed by atoms with Gasteiger partial charge >= 0.3 is 0 Å². The van der Waals surface area contributed by atoms with E-state index in [9.17, 15) is 0 Å². The van der Waals surface area contributed by atoms with Gasteiger partial charge in [0.2, 0.25) is 5.88 Å². The Morgan fingerprint density at radius 3 is 2.50 bits per heavy atom. The fraction of sp³-hybridized carbons (Fsp3) is 0.200. The molecule has 4 rings (SSSR count). The molecule has 1 aromatic heterocycles. The van der Waals surface area contributed by atoms with Gasteiger partial charge in [-0.2, -0.15) is 0 Å². The Bertz CT molecular complexity index is 860. The van der Waals surface area contributed by atoms with E-state index in [1.54, 1.807) is 0 Å². The largest absolute Gasteiger partial charge is 0.445 e. The van der Waals surface area contributed by atoms with E-state index in [0.29, 0.717) is 0 Å². The Morgan fingerprint density at radius 1 is 0.864 bits per heavy atom. The molecule has 0 atom stereocenters. The van der Waals surface area contributed by atoms with E-state index in [-0.39, 0.29) is 0 Å². The zero-order valence-corrected chi connectivity index (χ0v) is 13.2. The van der Waals surface area contributed by atoms with Crippen molar-refractivity contribution < 1.29 is 4.42 Å². The van der Waals surface area contributed by atoms with Gasteiger partial charge in [-0.05, 0) is 50.1 Å². The lowest BCUT2D eigenvalue weighted by Gasteiger charge is -2.31. The third-order valence-electron chi connectivity index (χ3n) is 4.33. The van der Waals surface area contributed by atoms with Crippen LogP contribution >= 0.6 is 0 Å². The summed E-state index contributed by atoms with van der Waals surface area (Å²) in [6.07, 6.45) is 0.937. The monoisotopic (exact) mass is 289 g/mol. The molecule has 0 saturated heterocycles. The summed E-state index contributed by atoms with van der Waals surface area (Å²) < 4.78 is 6.04. The van der Waals surface area contributed by atoms with Gasteiger partial charge in [0.1, 0.15) is 5.76 Å². The zero-order valence-electron chi connectivity index (χ0n) is 13.2. The van der Waals surface area contributed by atoms with Gasteiger partial charge in [-0.15, -0.1) is 0 Å². The summed E-state index contributed by atoms with van der Waals surface area (Å²) in [5, 5.41) is 0. The molecule has 0 aliphatic carbocycles. The molecular formula is C20H19NO. The lowest BCUT2D eigenvalue weighted by molar-refractivity contribution is 0.538. The number of nitrogens with zero attached hydrogens (tertiary/aromatic N) is 1. The first-order valence-corrected chi connectivity index (χ1v) is 7.68. The molecule has 2 heteroatoms. The SMILES string of the molecule is Cc1ccc2c(c1)Cc1cc(C)oc1N2c1ccccc1C. The second-order valence-electron chi connectivity index (χ2n) is 6.12. The van der Waals surface area contributed by atoms with Crippen molar-refractivity contribution in [3.8, 4) is 0 Å². The molecule has 0 spiro atoms. The Balaban J connectivity index is 1.99. The topological polar surface area (TPSA) is 16.4 Å². The van der Waals surface area contributed by atoms with Gasteiger partial charge in [0, 0.05) is 12.0 Å². The van der Waals surface area contributed by atoms with Gasteiger partial charge in [0.05, 0.1) is 11.4 Å². The van der Waals surface area contributed by atoms with Crippen LogP contribution in [0.15, 0.2) is 52.9 Å². The summed E-state index contributed by atoms with van der Waals surface area (Å²) >= 11 is 0. The smallest absolute Gasteiger partial charge is 0.208 e. The minimum absolute atomic E-state index is 0.937. The van der Waals surface area contributed by atoms with Gasteiger partial charge in [0.15, 0.2) is 0 Å². The van der Waals surface area contributed by atoms with Crippen molar-refractivity contribution in [3.63, 3.8) is 0 Å². The van der Waals surface area contributed by atoms with E-state index in [1.807, 2.05) is 6.92 Å². The molecule has 2 heterocycles. The normalized spacial score (nSPS) is 13.0. The Labute approximate surface area is 131 Å². The molecule has 1 aliphatic heterocycles. The molecule has 0 radical (unpaired) electrons. The average molecular weight is 289 g/mol. The molecule has 3 aromatic rings. The van der Waals surface area contributed by atoms with Crippen molar-refractivity contribution in [1.82, 2.24) is 0 Å². The van der Waals surface area contributed by atoms with Gasteiger partial charge in [0.25, 0.3) is 0 Å². The summed E-state index contributed by atoms with van der Waals surface area (Å²) in [5.41, 5.74) is 7.57. The van der Waals surface area contributed by atoms with Gasteiger partial charge in [-0.25, -0.2) is 0 Å². The number of fused-ring (bicyclic) bond motifs is 2. The number of anilines is 3. The summed E-state index contributed by atoms with van der Waals surface area (Å²) in [6, 6.07) is 17.3. The highest BCUT2D eigenvalue weighted by Gasteiger charge is 2.28. The van der Waals surface area contributed by atoms with Crippen LogP contribution in [-0.2, 0) is 6.42 Å². The van der Waals surface area contributed by atoms with E-state index in [2.05, 4.69) is 67.3 Å². The summed E-state index contributed by atoms with van der Waals surface area (Å²) in [6.45, 7) is 6.31. The van der Waals surface area contributed by atoms with Crippen LogP contribution in [0.4, 0.5) is 17.3 Å². The predicted octanol–water partition coefficient (Wildman–Crippen LogP) is 5.58. The maximum Gasteiger partial charge on any atom is 0.208 e. The van der Waals surface area contributed by atoms with Gasteiger partial charge in [-0.1, -0.05) is 35.9 Å². The van der Waals surface area contributed by atoms with Crippen molar-refractivity contribution >= 4 is 17.3 Å². The maximum atomic E-state index is 6.04. The predicted molar refractivity (Wildman–Crippen MR) is 90.4 cm³/mol. The van der Waals surface area contributed by atoms with Crippen LogP contribution in [0.5, 0.6) is 0 Å². The molecule has 1 aliphatic rings.